The summed E-state index contributed by atoms with van der Waals surface area (Å²) in [5.41, 5.74) is 0. The molecule has 0 amide bonds. The summed E-state index contributed by atoms with van der Waals surface area (Å²) in [7, 11) is -0.603. The van der Waals surface area contributed by atoms with Crippen molar-refractivity contribution in [3.63, 3.8) is 0 Å². The molecule has 5 heteroatoms. The average molecular weight is 211 g/mol. The molecule has 1 saturated heterocycles. The van der Waals surface area contributed by atoms with Crippen molar-refractivity contribution in [2.45, 2.75) is 26.3 Å². The van der Waals surface area contributed by atoms with Crippen LogP contribution in [0.5, 0.6) is 0 Å². The molecule has 0 unspecified atom stereocenters. The number of thiol groups is 1. The van der Waals surface area contributed by atoms with Crippen molar-refractivity contribution >= 4 is 19.3 Å². The molecule has 0 saturated carbocycles. The first-order chi connectivity index (χ1) is 5.56. The van der Waals surface area contributed by atoms with E-state index >= 15 is 0 Å². The summed E-state index contributed by atoms with van der Waals surface area (Å²) in [6, 6.07) is 0.425. The summed E-state index contributed by atoms with van der Waals surface area (Å²) in [5, 5.41) is 3.31. The van der Waals surface area contributed by atoms with Crippen LogP contribution in [0, 0.1) is 5.92 Å². The first-order valence-electron chi connectivity index (χ1n) is 4.25. The van der Waals surface area contributed by atoms with Crippen LogP contribution in [-0.2, 0) is 9.05 Å². The Balaban J connectivity index is 2.35. The fourth-order valence-corrected chi connectivity index (χ4v) is 3.60. The van der Waals surface area contributed by atoms with E-state index in [0.29, 0.717) is 12.0 Å². The Hall–Kier alpha value is 0.660. The molecule has 1 N–H and O–H groups in total. The van der Waals surface area contributed by atoms with Crippen LogP contribution >= 0.6 is 19.3 Å². The van der Waals surface area contributed by atoms with Gasteiger partial charge in [0.1, 0.15) is 0 Å². The van der Waals surface area contributed by atoms with Crippen LogP contribution in [0.4, 0.5) is 0 Å². The molecule has 0 aromatic carbocycles. The van der Waals surface area contributed by atoms with Crippen LogP contribution in [0.2, 0.25) is 0 Å². The first kappa shape index (κ1) is 10.7. The van der Waals surface area contributed by atoms with Crippen molar-refractivity contribution in [3.05, 3.63) is 0 Å². The van der Waals surface area contributed by atoms with Crippen molar-refractivity contribution in [2.75, 3.05) is 13.7 Å². The van der Waals surface area contributed by atoms with Gasteiger partial charge >= 0.3 is 79.4 Å². The monoisotopic (exact) mass is 211 g/mol. The summed E-state index contributed by atoms with van der Waals surface area (Å²) < 4.78 is 10.7. The van der Waals surface area contributed by atoms with E-state index in [9.17, 15) is 0 Å². The second-order valence-corrected chi connectivity index (χ2v) is 7.48. The third kappa shape index (κ3) is 2.86. The summed E-state index contributed by atoms with van der Waals surface area (Å²) in [6.07, 6.45) is 1.12. The minimum atomic E-state index is -2.25. The molecule has 1 aliphatic rings. The molecule has 3 nitrogen and oxygen atoms in total. The molecule has 0 radical (unpaired) electrons. The molecule has 1 aliphatic heterocycles. The Kier molecular flexibility index (Phi) is 3.80. The van der Waals surface area contributed by atoms with Crippen LogP contribution in [0.1, 0.15) is 20.3 Å². The fourth-order valence-electron chi connectivity index (χ4n) is 1.37. The quantitative estimate of drug-likeness (QED) is 0.553. The molecular weight excluding hydrogens is 193 g/mol. The maximum atomic E-state index is 5.47. The van der Waals surface area contributed by atoms with Gasteiger partial charge in [-0.25, -0.2) is 0 Å². The molecular formula is C7H18NO2PS. The van der Waals surface area contributed by atoms with E-state index < -0.39 is 7.07 Å². The molecule has 12 heavy (non-hydrogen) atoms. The summed E-state index contributed by atoms with van der Waals surface area (Å²) in [4.78, 5) is 0. The van der Waals surface area contributed by atoms with Crippen molar-refractivity contribution in [1.82, 2.24) is 5.09 Å². The first-order valence-corrected chi connectivity index (χ1v) is 7.35. The zero-order chi connectivity index (χ0) is 9.19. The summed E-state index contributed by atoms with van der Waals surface area (Å²) in [6.45, 7) is 5.14. The summed E-state index contributed by atoms with van der Waals surface area (Å²) >= 11 is 4.35. The predicted octanol–water partition coefficient (Wildman–Crippen LogP) is 2.01. The second-order valence-electron chi connectivity index (χ2n) is 3.57. The average Bonchev–Trinajstić information content (AvgIpc) is 2.32. The Bertz CT molecular complexity index is 158. The zero-order valence-corrected chi connectivity index (χ0v) is 9.73. The van der Waals surface area contributed by atoms with Gasteiger partial charge in [-0.1, -0.05) is 0 Å². The van der Waals surface area contributed by atoms with Gasteiger partial charge in [0.25, 0.3) is 0 Å². The molecule has 0 bridgehead atoms. The molecule has 1 fully saturated rings. The number of rotatable bonds is 3. The Morgan fingerprint density at radius 3 is 2.83 bits per heavy atom. The molecule has 0 aromatic rings. The topological polar surface area (TPSA) is 30.5 Å². The molecule has 0 aliphatic carbocycles. The molecule has 1 atom stereocenters. The van der Waals surface area contributed by atoms with Crippen LogP contribution in [0.15, 0.2) is 0 Å². The van der Waals surface area contributed by atoms with Gasteiger partial charge in [0.2, 0.25) is 0 Å². The van der Waals surface area contributed by atoms with Crippen molar-refractivity contribution in [3.8, 4) is 0 Å². The van der Waals surface area contributed by atoms with Crippen LogP contribution in [0.25, 0.3) is 0 Å². The van der Waals surface area contributed by atoms with E-state index in [2.05, 4.69) is 31.2 Å². The van der Waals surface area contributed by atoms with E-state index in [4.69, 9.17) is 9.05 Å². The summed E-state index contributed by atoms with van der Waals surface area (Å²) in [5.74, 6) is 0.688. The molecule has 0 spiro atoms. The van der Waals surface area contributed by atoms with E-state index in [0.717, 1.165) is 13.0 Å². The minimum absolute atomic E-state index is 0.425. The number of hydrogen-bond acceptors (Lipinski definition) is 4. The van der Waals surface area contributed by atoms with Gasteiger partial charge in [0, 0.05) is 0 Å². The third-order valence-corrected chi connectivity index (χ3v) is 5.11. The number of hydrogen-bond donors (Lipinski definition) is 2. The molecule has 1 heterocycles. The SMILES string of the molecule is CO[PH]1(S)N[C@H](CC(C)C)CO1. The van der Waals surface area contributed by atoms with Gasteiger partial charge in [-0.2, -0.15) is 0 Å². The van der Waals surface area contributed by atoms with E-state index in [1.807, 2.05) is 0 Å². The Labute approximate surface area is 79.9 Å². The van der Waals surface area contributed by atoms with E-state index in [-0.39, 0.29) is 0 Å². The maximum absolute atomic E-state index is 5.47. The van der Waals surface area contributed by atoms with Crippen LogP contribution in [0.3, 0.4) is 0 Å². The van der Waals surface area contributed by atoms with Gasteiger partial charge in [-0.05, 0) is 0 Å². The molecule has 74 valence electrons. The van der Waals surface area contributed by atoms with Crippen molar-refractivity contribution in [1.29, 1.82) is 0 Å². The Morgan fingerprint density at radius 2 is 2.42 bits per heavy atom. The second kappa shape index (κ2) is 4.25. The molecule has 0 aromatic heterocycles. The van der Waals surface area contributed by atoms with Gasteiger partial charge in [0.15, 0.2) is 0 Å². The van der Waals surface area contributed by atoms with E-state index in [1.165, 1.54) is 0 Å². The van der Waals surface area contributed by atoms with Crippen LogP contribution in [-0.4, -0.2) is 19.8 Å². The third-order valence-electron chi connectivity index (χ3n) is 1.90. The van der Waals surface area contributed by atoms with Gasteiger partial charge in [-0.3, -0.25) is 0 Å². The standard InChI is InChI=1S/C7H18NO2PS/c1-6(2)4-7-5-10-11(12,8-7)9-3/h6-8,11-12H,4-5H2,1-3H3/t7-/m1/s1. The zero-order valence-electron chi connectivity index (χ0n) is 7.83. The van der Waals surface area contributed by atoms with Gasteiger partial charge in [-0.15, -0.1) is 0 Å². The van der Waals surface area contributed by atoms with Crippen molar-refractivity contribution < 1.29 is 9.05 Å². The van der Waals surface area contributed by atoms with E-state index in [1.54, 1.807) is 7.11 Å². The normalized spacial score (nSPS) is 30.9. The van der Waals surface area contributed by atoms with Crippen LogP contribution < -0.4 is 5.09 Å². The van der Waals surface area contributed by atoms with Crippen molar-refractivity contribution in [2.24, 2.45) is 5.92 Å². The predicted molar refractivity (Wildman–Crippen MR) is 56.6 cm³/mol. The fraction of sp³-hybridized carbons (Fsp3) is 1.00. The van der Waals surface area contributed by atoms with Gasteiger partial charge in [0.05, 0.1) is 0 Å². The van der Waals surface area contributed by atoms with Gasteiger partial charge < -0.3 is 0 Å². The Morgan fingerprint density at radius 1 is 1.75 bits per heavy atom. The number of nitrogens with one attached hydrogen (secondary N) is 1. The molecule has 1 rings (SSSR count).